The Bertz CT molecular complexity index is 525. The average Bonchev–Trinajstić information content (AvgIpc) is 2.85. The monoisotopic (exact) mass is 257 g/mol. The predicted octanol–water partition coefficient (Wildman–Crippen LogP) is 2.68. The first-order valence-electron chi connectivity index (χ1n) is 6.66. The molecule has 3 atom stereocenters. The van der Waals surface area contributed by atoms with Gasteiger partial charge in [0.25, 0.3) is 5.82 Å². The first-order chi connectivity index (χ1) is 8.95. The number of aromatic nitrogens is 3. The van der Waals surface area contributed by atoms with Crippen molar-refractivity contribution in [3.8, 4) is 12.1 Å². The molecule has 2 rings (SSSR count). The molecule has 3 unspecified atom stereocenters. The lowest BCUT2D eigenvalue weighted by atomic mass is 9.68. The van der Waals surface area contributed by atoms with Crippen LogP contribution in [0.3, 0.4) is 0 Å². The Morgan fingerprint density at radius 3 is 2.58 bits per heavy atom. The van der Waals surface area contributed by atoms with Crippen LogP contribution in [0, 0.1) is 39.9 Å². The molecular weight excluding hydrogens is 238 g/mol. The van der Waals surface area contributed by atoms with Gasteiger partial charge in [-0.1, -0.05) is 20.8 Å². The van der Waals surface area contributed by atoms with E-state index in [9.17, 15) is 5.26 Å². The zero-order valence-electron chi connectivity index (χ0n) is 11.7. The van der Waals surface area contributed by atoms with Crippen LogP contribution in [0.5, 0.6) is 0 Å². The maximum absolute atomic E-state index is 9.30. The van der Waals surface area contributed by atoms with Crippen LogP contribution in [-0.4, -0.2) is 14.8 Å². The van der Waals surface area contributed by atoms with Gasteiger partial charge < -0.3 is 0 Å². The number of nitrogens with zero attached hydrogens (tertiary/aromatic N) is 5. The third-order valence-electron chi connectivity index (χ3n) is 4.16. The fourth-order valence-electron chi connectivity index (χ4n) is 2.86. The summed E-state index contributed by atoms with van der Waals surface area (Å²) >= 11 is 0. The Morgan fingerprint density at radius 2 is 2.05 bits per heavy atom. The molecule has 1 saturated carbocycles. The van der Waals surface area contributed by atoms with E-state index in [-0.39, 0.29) is 23.2 Å². The van der Waals surface area contributed by atoms with Crippen molar-refractivity contribution in [3.63, 3.8) is 0 Å². The molecule has 0 saturated heterocycles. The van der Waals surface area contributed by atoms with E-state index < -0.39 is 0 Å². The van der Waals surface area contributed by atoms with Gasteiger partial charge in [0.2, 0.25) is 0 Å². The summed E-state index contributed by atoms with van der Waals surface area (Å²) in [4.78, 5) is 3.95. The highest BCUT2D eigenvalue weighted by atomic mass is 15.3. The van der Waals surface area contributed by atoms with Crippen molar-refractivity contribution in [3.05, 3.63) is 12.2 Å². The van der Waals surface area contributed by atoms with Gasteiger partial charge in [-0.2, -0.15) is 10.5 Å². The highest BCUT2D eigenvalue weighted by molar-refractivity contribution is 5.07. The summed E-state index contributed by atoms with van der Waals surface area (Å²) < 4.78 is 1.71. The van der Waals surface area contributed by atoms with Crippen molar-refractivity contribution < 1.29 is 0 Å². The molecule has 100 valence electrons. The molecule has 1 fully saturated rings. The van der Waals surface area contributed by atoms with Crippen LogP contribution in [-0.2, 0) is 0 Å². The number of rotatable bonds is 1. The van der Waals surface area contributed by atoms with E-state index in [1.807, 2.05) is 6.07 Å². The third-order valence-corrected chi connectivity index (χ3v) is 4.16. The zero-order chi connectivity index (χ0) is 14.0. The van der Waals surface area contributed by atoms with Gasteiger partial charge in [-0.05, 0) is 30.6 Å². The van der Waals surface area contributed by atoms with Gasteiger partial charge >= 0.3 is 0 Å². The summed E-state index contributed by atoms with van der Waals surface area (Å²) in [6.45, 7) is 6.72. The number of nitriles is 2. The first-order valence-corrected chi connectivity index (χ1v) is 6.66. The Kier molecular flexibility index (Phi) is 3.57. The Balaban J connectivity index is 2.24. The maximum Gasteiger partial charge on any atom is 0.252 e. The molecule has 1 heterocycles. The molecule has 0 N–H and O–H groups in total. The lowest BCUT2D eigenvalue weighted by molar-refractivity contribution is 0.116. The lowest BCUT2D eigenvalue weighted by Gasteiger charge is -2.39. The van der Waals surface area contributed by atoms with Crippen molar-refractivity contribution in [2.24, 2.45) is 17.3 Å². The van der Waals surface area contributed by atoms with Gasteiger partial charge in [0.15, 0.2) is 0 Å². The second kappa shape index (κ2) is 5.01. The molecule has 1 aliphatic carbocycles. The minimum absolute atomic E-state index is 0.0353. The van der Waals surface area contributed by atoms with Crippen LogP contribution in [0.2, 0.25) is 0 Å². The van der Waals surface area contributed by atoms with E-state index >= 15 is 0 Å². The van der Waals surface area contributed by atoms with Crippen LogP contribution >= 0.6 is 0 Å². The van der Waals surface area contributed by atoms with Crippen molar-refractivity contribution in [2.75, 3.05) is 0 Å². The summed E-state index contributed by atoms with van der Waals surface area (Å²) in [7, 11) is 0. The normalized spacial score (nSPS) is 27.5. The molecule has 19 heavy (non-hydrogen) atoms. The molecule has 0 aromatic carbocycles. The van der Waals surface area contributed by atoms with E-state index in [1.165, 1.54) is 0 Å². The zero-order valence-corrected chi connectivity index (χ0v) is 11.7. The van der Waals surface area contributed by atoms with Crippen LogP contribution < -0.4 is 0 Å². The standard InChI is InChI=1S/C14H19N5/c1-14(2,3)11-5-4-10(7-15)12(6-11)19-9-17-13(8-16)18-19/h9-12H,4-6H2,1-3H3. The van der Waals surface area contributed by atoms with Crippen LogP contribution in [0.15, 0.2) is 6.33 Å². The van der Waals surface area contributed by atoms with E-state index in [1.54, 1.807) is 11.0 Å². The van der Waals surface area contributed by atoms with Gasteiger partial charge in [-0.25, -0.2) is 9.67 Å². The summed E-state index contributed by atoms with van der Waals surface area (Å²) in [6.07, 6.45) is 4.48. The number of hydrogen-bond acceptors (Lipinski definition) is 4. The van der Waals surface area contributed by atoms with E-state index in [2.05, 4.69) is 36.9 Å². The third kappa shape index (κ3) is 2.76. The van der Waals surface area contributed by atoms with Crippen LogP contribution in [0.4, 0.5) is 0 Å². The average molecular weight is 257 g/mol. The molecule has 5 nitrogen and oxygen atoms in total. The summed E-state index contributed by atoms with van der Waals surface area (Å²) in [5.41, 5.74) is 0.233. The molecule has 1 aliphatic rings. The van der Waals surface area contributed by atoms with Crippen LogP contribution in [0.1, 0.15) is 51.9 Å². The van der Waals surface area contributed by atoms with E-state index in [4.69, 9.17) is 5.26 Å². The summed E-state index contributed by atoms with van der Waals surface area (Å²) in [6, 6.07) is 4.35. The van der Waals surface area contributed by atoms with Gasteiger partial charge in [0.05, 0.1) is 18.0 Å². The second-order valence-electron chi connectivity index (χ2n) is 6.34. The topological polar surface area (TPSA) is 78.3 Å². The van der Waals surface area contributed by atoms with Crippen molar-refractivity contribution in [1.82, 2.24) is 14.8 Å². The van der Waals surface area contributed by atoms with Crippen molar-refractivity contribution >= 4 is 0 Å². The van der Waals surface area contributed by atoms with Crippen molar-refractivity contribution in [2.45, 2.75) is 46.1 Å². The highest BCUT2D eigenvalue weighted by Crippen LogP contribution is 2.44. The highest BCUT2D eigenvalue weighted by Gasteiger charge is 2.37. The molecule has 1 aromatic rings. The van der Waals surface area contributed by atoms with E-state index in [0.29, 0.717) is 5.92 Å². The largest absolute Gasteiger partial charge is 0.252 e. The number of hydrogen-bond donors (Lipinski definition) is 0. The summed E-state index contributed by atoms with van der Waals surface area (Å²) in [5.74, 6) is 0.707. The van der Waals surface area contributed by atoms with Gasteiger partial charge in [-0.15, -0.1) is 5.10 Å². The van der Waals surface area contributed by atoms with E-state index in [0.717, 1.165) is 19.3 Å². The van der Waals surface area contributed by atoms with Crippen molar-refractivity contribution in [1.29, 1.82) is 10.5 Å². The minimum Gasteiger partial charge on any atom is -0.247 e. The molecular formula is C14H19N5. The van der Waals surface area contributed by atoms with Gasteiger partial charge in [0, 0.05) is 0 Å². The van der Waals surface area contributed by atoms with Gasteiger partial charge in [-0.3, -0.25) is 0 Å². The molecule has 0 spiro atoms. The summed E-state index contributed by atoms with van der Waals surface area (Å²) in [5, 5.41) is 22.3. The fraction of sp³-hybridized carbons (Fsp3) is 0.714. The molecule has 0 aliphatic heterocycles. The molecule has 0 bridgehead atoms. The first kappa shape index (κ1) is 13.5. The Hall–Kier alpha value is -1.88. The SMILES string of the molecule is CC(C)(C)C1CCC(C#N)C(n2cnc(C#N)n2)C1. The fourth-order valence-corrected chi connectivity index (χ4v) is 2.86. The maximum atomic E-state index is 9.30. The minimum atomic E-state index is -0.0353. The molecule has 5 heteroatoms. The molecule has 0 amide bonds. The second-order valence-corrected chi connectivity index (χ2v) is 6.34. The lowest BCUT2D eigenvalue weighted by Crippen LogP contribution is -2.33. The Labute approximate surface area is 113 Å². The molecule has 0 radical (unpaired) electrons. The Morgan fingerprint density at radius 1 is 1.32 bits per heavy atom. The quantitative estimate of drug-likeness (QED) is 0.774. The van der Waals surface area contributed by atoms with Gasteiger partial charge in [0.1, 0.15) is 12.4 Å². The van der Waals surface area contributed by atoms with Crippen LogP contribution in [0.25, 0.3) is 0 Å². The molecule has 1 aromatic heterocycles. The predicted molar refractivity (Wildman–Crippen MR) is 69.7 cm³/mol. The smallest absolute Gasteiger partial charge is 0.247 e.